The molecule has 0 spiro atoms. The smallest absolute Gasteiger partial charge is 0.251 e. The zero-order valence-electron chi connectivity index (χ0n) is 20.1. The zero-order chi connectivity index (χ0) is 23.8. The van der Waals surface area contributed by atoms with Gasteiger partial charge in [0.25, 0.3) is 5.91 Å². The van der Waals surface area contributed by atoms with E-state index in [1.807, 2.05) is 31.3 Å². The van der Waals surface area contributed by atoms with E-state index in [0.29, 0.717) is 25.4 Å². The number of hydrogen-bond acceptors (Lipinski definition) is 6. The molecule has 0 aliphatic carbocycles. The normalized spacial score (nSPS) is 16.3. The van der Waals surface area contributed by atoms with E-state index < -0.39 is 0 Å². The van der Waals surface area contributed by atoms with Crippen LogP contribution >= 0.6 is 0 Å². The molecule has 0 aromatic heterocycles. The van der Waals surface area contributed by atoms with Gasteiger partial charge in [0.15, 0.2) is 0 Å². The van der Waals surface area contributed by atoms with Gasteiger partial charge in [0.2, 0.25) is 0 Å². The van der Waals surface area contributed by atoms with Crippen LogP contribution in [0.25, 0.3) is 5.70 Å². The summed E-state index contributed by atoms with van der Waals surface area (Å²) in [5, 5.41) is 9.73. The van der Waals surface area contributed by atoms with Gasteiger partial charge in [-0.2, -0.15) is 0 Å². The van der Waals surface area contributed by atoms with Crippen molar-refractivity contribution in [1.82, 2.24) is 16.0 Å². The second-order valence-corrected chi connectivity index (χ2v) is 8.61. The summed E-state index contributed by atoms with van der Waals surface area (Å²) in [6.45, 7) is 6.99. The molecule has 180 valence electrons. The molecule has 3 N–H and O–H groups in total. The molecule has 2 aromatic carbocycles. The predicted octanol–water partition coefficient (Wildman–Crippen LogP) is 3.03. The number of aliphatic imine (C=N–C) groups is 1. The fourth-order valence-corrected chi connectivity index (χ4v) is 4.30. The first-order valence-electron chi connectivity index (χ1n) is 12.2. The number of nitrogens with zero attached hydrogens (tertiary/aromatic N) is 2. The lowest BCUT2D eigenvalue weighted by Gasteiger charge is -2.24. The van der Waals surface area contributed by atoms with Gasteiger partial charge in [-0.3, -0.25) is 9.79 Å². The van der Waals surface area contributed by atoms with Crippen molar-refractivity contribution in [1.29, 1.82) is 0 Å². The van der Waals surface area contributed by atoms with E-state index in [1.54, 1.807) is 0 Å². The minimum atomic E-state index is -0.0400. The van der Waals surface area contributed by atoms with Crippen LogP contribution in [-0.4, -0.2) is 64.2 Å². The Morgan fingerprint density at radius 3 is 2.68 bits per heavy atom. The maximum atomic E-state index is 12.8. The molecule has 1 amide bonds. The standard InChI is InChI=1S/C27H35N5O2/c1-3-32(14-13-28-2)24-9-7-20(8-10-24)25-18-26(30-19-29-25)21-5-4-6-22(17-21)27(33)31-23-11-15-34-16-12-23/h4-10,17-18,23,28-29H,3,11-16,19H2,1-2H3,(H,31,33). The average molecular weight is 462 g/mol. The summed E-state index contributed by atoms with van der Waals surface area (Å²) < 4.78 is 5.39. The number of likely N-dealkylation sites (N-methyl/N-ethyl adjacent to an activating group) is 2. The third kappa shape index (κ3) is 6.04. The molecular weight excluding hydrogens is 426 g/mol. The molecule has 1 fully saturated rings. The van der Waals surface area contributed by atoms with Gasteiger partial charge >= 0.3 is 0 Å². The summed E-state index contributed by atoms with van der Waals surface area (Å²) >= 11 is 0. The number of hydrogen-bond donors (Lipinski definition) is 3. The van der Waals surface area contributed by atoms with Crippen molar-refractivity contribution >= 4 is 23.0 Å². The van der Waals surface area contributed by atoms with Gasteiger partial charge < -0.3 is 25.6 Å². The number of anilines is 1. The Morgan fingerprint density at radius 1 is 1.15 bits per heavy atom. The van der Waals surface area contributed by atoms with Crippen molar-refractivity contribution in [2.45, 2.75) is 25.8 Å². The topological polar surface area (TPSA) is 78.0 Å². The van der Waals surface area contributed by atoms with Crippen LogP contribution in [0.2, 0.25) is 0 Å². The lowest BCUT2D eigenvalue weighted by atomic mass is 10.0. The van der Waals surface area contributed by atoms with Crippen LogP contribution in [0.15, 0.2) is 59.6 Å². The molecule has 4 rings (SSSR count). The van der Waals surface area contributed by atoms with Crippen molar-refractivity contribution < 1.29 is 9.53 Å². The molecule has 2 aromatic rings. The number of carbonyl (C=O) groups is 1. The van der Waals surface area contributed by atoms with Crippen molar-refractivity contribution in [2.24, 2.45) is 4.99 Å². The maximum absolute atomic E-state index is 12.8. The number of rotatable bonds is 9. The van der Waals surface area contributed by atoms with Crippen molar-refractivity contribution in [3.05, 3.63) is 71.3 Å². The van der Waals surface area contributed by atoms with Crippen molar-refractivity contribution in [2.75, 3.05) is 51.5 Å². The quantitative estimate of drug-likeness (QED) is 0.535. The largest absolute Gasteiger partial charge is 0.381 e. The number of ether oxygens (including phenoxy) is 1. The second-order valence-electron chi connectivity index (χ2n) is 8.61. The molecule has 1 saturated heterocycles. The number of amides is 1. The molecule has 34 heavy (non-hydrogen) atoms. The Kier molecular flexibility index (Phi) is 8.33. The Bertz CT molecular complexity index is 1030. The molecular formula is C27H35N5O2. The third-order valence-electron chi connectivity index (χ3n) is 6.33. The Balaban J connectivity index is 1.47. The third-order valence-corrected chi connectivity index (χ3v) is 6.33. The van der Waals surface area contributed by atoms with Crippen LogP contribution in [0.3, 0.4) is 0 Å². The average Bonchev–Trinajstić information content (AvgIpc) is 2.90. The Labute approximate surface area is 202 Å². The van der Waals surface area contributed by atoms with Crippen molar-refractivity contribution in [3.8, 4) is 0 Å². The van der Waals surface area contributed by atoms with Crippen LogP contribution in [0, 0.1) is 0 Å². The van der Waals surface area contributed by atoms with E-state index in [0.717, 1.165) is 55.0 Å². The first kappa shape index (κ1) is 24.0. The van der Waals surface area contributed by atoms with Crippen LogP contribution in [0.1, 0.15) is 41.3 Å². The van der Waals surface area contributed by atoms with E-state index in [9.17, 15) is 4.79 Å². The molecule has 2 heterocycles. The van der Waals surface area contributed by atoms with Crippen LogP contribution < -0.4 is 20.9 Å². The van der Waals surface area contributed by atoms with Gasteiger partial charge in [0.05, 0.1) is 5.71 Å². The number of nitrogens with one attached hydrogen (secondary N) is 3. The van der Waals surface area contributed by atoms with Crippen LogP contribution in [-0.2, 0) is 4.74 Å². The van der Waals surface area contributed by atoms with Gasteiger partial charge in [-0.1, -0.05) is 24.3 Å². The minimum Gasteiger partial charge on any atom is -0.381 e. The Morgan fingerprint density at radius 2 is 1.94 bits per heavy atom. The highest BCUT2D eigenvalue weighted by Gasteiger charge is 2.18. The number of carbonyl (C=O) groups excluding carboxylic acids is 1. The van der Waals surface area contributed by atoms with Gasteiger partial charge in [-0.15, -0.1) is 0 Å². The van der Waals surface area contributed by atoms with E-state index in [1.165, 1.54) is 5.69 Å². The van der Waals surface area contributed by atoms with Crippen LogP contribution in [0.4, 0.5) is 5.69 Å². The summed E-state index contributed by atoms with van der Waals surface area (Å²) in [5.41, 5.74) is 5.85. The molecule has 0 saturated carbocycles. The van der Waals surface area contributed by atoms with Crippen LogP contribution in [0.5, 0.6) is 0 Å². The summed E-state index contributed by atoms with van der Waals surface area (Å²) in [5.74, 6) is -0.0400. The van der Waals surface area contributed by atoms with E-state index in [-0.39, 0.29) is 11.9 Å². The number of allylic oxidation sites excluding steroid dienone is 1. The molecule has 7 heteroatoms. The van der Waals surface area contributed by atoms with Gasteiger partial charge in [0.1, 0.15) is 6.67 Å². The lowest BCUT2D eigenvalue weighted by Crippen LogP contribution is -2.38. The molecule has 7 nitrogen and oxygen atoms in total. The highest BCUT2D eigenvalue weighted by atomic mass is 16.5. The molecule has 2 aliphatic rings. The van der Waals surface area contributed by atoms with E-state index in [4.69, 9.17) is 4.74 Å². The molecule has 0 unspecified atom stereocenters. The van der Waals surface area contributed by atoms with Gasteiger partial charge in [-0.25, -0.2) is 0 Å². The monoisotopic (exact) mass is 461 g/mol. The maximum Gasteiger partial charge on any atom is 0.251 e. The predicted molar refractivity (Wildman–Crippen MR) is 139 cm³/mol. The summed E-state index contributed by atoms with van der Waals surface area (Å²) in [6.07, 6.45) is 3.78. The summed E-state index contributed by atoms with van der Waals surface area (Å²) in [6, 6.07) is 16.5. The highest BCUT2D eigenvalue weighted by Crippen LogP contribution is 2.21. The van der Waals surface area contributed by atoms with Gasteiger partial charge in [0, 0.05) is 61.4 Å². The summed E-state index contributed by atoms with van der Waals surface area (Å²) in [4.78, 5) is 19.8. The lowest BCUT2D eigenvalue weighted by molar-refractivity contribution is 0.0696. The van der Waals surface area contributed by atoms with E-state index in [2.05, 4.69) is 63.1 Å². The fourth-order valence-electron chi connectivity index (χ4n) is 4.30. The zero-order valence-corrected chi connectivity index (χ0v) is 20.1. The first-order chi connectivity index (χ1) is 16.7. The highest BCUT2D eigenvalue weighted by molar-refractivity contribution is 6.13. The van der Waals surface area contributed by atoms with Crippen molar-refractivity contribution in [3.63, 3.8) is 0 Å². The molecule has 0 bridgehead atoms. The first-order valence-corrected chi connectivity index (χ1v) is 12.2. The molecule has 0 atom stereocenters. The number of benzene rings is 2. The summed E-state index contributed by atoms with van der Waals surface area (Å²) in [7, 11) is 1.98. The molecule has 2 aliphatic heterocycles. The van der Waals surface area contributed by atoms with E-state index >= 15 is 0 Å². The minimum absolute atomic E-state index is 0.0400. The fraction of sp³-hybridized carbons (Fsp3) is 0.407. The second kappa shape index (κ2) is 11.8. The van der Waals surface area contributed by atoms with Gasteiger partial charge in [-0.05, 0) is 62.7 Å². The Hall–Kier alpha value is -3.16. The molecule has 0 radical (unpaired) electrons. The SMILES string of the molecule is CCN(CCNC)c1ccc(C2=CC(c3cccc(C(=O)NC4CCOCC4)c3)=NCN2)cc1.